The molecule has 0 atom stereocenters. The van der Waals surface area contributed by atoms with E-state index < -0.39 is 0 Å². The molecule has 1 amide bonds. The highest BCUT2D eigenvalue weighted by atomic mass is 16.5. The zero-order valence-corrected chi connectivity index (χ0v) is 11.2. The first-order valence-electron chi connectivity index (χ1n) is 5.85. The standard InChI is InChI=1S/C13H15N3O4/c1-19-11-5-8-9(6-12(11)20-2)16(4-3-10(8)17)7-13(18)15-14/h3-6H,7,14H2,1-2H3,(H,15,18). The van der Waals surface area contributed by atoms with Gasteiger partial charge in [-0.05, 0) is 6.07 Å². The number of ether oxygens (including phenoxy) is 2. The van der Waals surface area contributed by atoms with Gasteiger partial charge in [-0.1, -0.05) is 0 Å². The number of benzene rings is 1. The normalized spacial score (nSPS) is 10.3. The number of amides is 1. The fraction of sp³-hybridized carbons (Fsp3) is 0.231. The minimum absolute atomic E-state index is 0.00274. The molecule has 7 nitrogen and oxygen atoms in total. The smallest absolute Gasteiger partial charge is 0.253 e. The minimum atomic E-state index is -0.371. The number of rotatable bonds is 4. The molecular weight excluding hydrogens is 262 g/mol. The first kappa shape index (κ1) is 13.9. The van der Waals surface area contributed by atoms with Crippen LogP contribution < -0.4 is 26.2 Å². The first-order chi connectivity index (χ1) is 9.60. The molecule has 0 fully saturated rings. The Balaban J connectivity index is 2.69. The third-order valence-corrected chi connectivity index (χ3v) is 2.96. The van der Waals surface area contributed by atoms with Crippen LogP contribution in [0.15, 0.2) is 29.2 Å². The largest absolute Gasteiger partial charge is 0.493 e. The highest BCUT2D eigenvalue weighted by Gasteiger charge is 2.11. The second-order valence-electron chi connectivity index (χ2n) is 4.10. The van der Waals surface area contributed by atoms with Crippen molar-refractivity contribution in [3.05, 3.63) is 34.6 Å². The van der Waals surface area contributed by atoms with Crippen LogP contribution in [0.4, 0.5) is 0 Å². The molecule has 0 aliphatic heterocycles. The molecule has 0 bridgehead atoms. The SMILES string of the molecule is COc1cc2c(=O)ccn(CC(=O)NN)c2cc1OC. The number of hydrogen-bond acceptors (Lipinski definition) is 5. The van der Waals surface area contributed by atoms with Crippen molar-refractivity contribution in [1.29, 1.82) is 0 Å². The molecule has 3 N–H and O–H groups in total. The van der Waals surface area contributed by atoms with E-state index in [-0.39, 0.29) is 17.9 Å². The molecule has 1 heterocycles. The number of hydrazine groups is 1. The van der Waals surface area contributed by atoms with Crippen molar-refractivity contribution in [3.63, 3.8) is 0 Å². The third-order valence-electron chi connectivity index (χ3n) is 2.96. The molecular formula is C13H15N3O4. The zero-order valence-electron chi connectivity index (χ0n) is 11.2. The molecule has 1 aromatic carbocycles. The van der Waals surface area contributed by atoms with Gasteiger partial charge in [0.2, 0.25) is 0 Å². The lowest BCUT2D eigenvalue weighted by Gasteiger charge is -2.13. The van der Waals surface area contributed by atoms with E-state index in [2.05, 4.69) is 5.43 Å². The Hall–Kier alpha value is -2.54. The predicted octanol–water partition coefficient (Wildman–Crippen LogP) is 0.00860. The van der Waals surface area contributed by atoms with E-state index >= 15 is 0 Å². The van der Waals surface area contributed by atoms with Gasteiger partial charge in [-0.2, -0.15) is 0 Å². The molecule has 0 saturated carbocycles. The molecule has 0 aliphatic carbocycles. The van der Waals surface area contributed by atoms with Crippen molar-refractivity contribution in [2.45, 2.75) is 6.54 Å². The molecule has 20 heavy (non-hydrogen) atoms. The van der Waals surface area contributed by atoms with Crippen LogP contribution in [-0.2, 0) is 11.3 Å². The summed E-state index contributed by atoms with van der Waals surface area (Å²) in [6, 6.07) is 4.63. The summed E-state index contributed by atoms with van der Waals surface area (Å²) in [4.78, 5) is 23.3. The Bertz CT molecular complexity index is 709. The number of aromatic nitrogens is 1. The second kappa shape index (κ2) is 5.62. The Kier molecular flexibility index (Phi) is 3.90. The van der Waals surface area contributed by atoms with E-state index in [0.29, 0.717) is 22.4 Å². The van der Waals surface area contributed by atoms with E-state index in [9.17, 15) is 9.59 Å². The molecule has 106 valence electrons. The van der Waals surface area contributed by atoms with Gasteiger partial charge in [0.25, 0.3) is 5.91 Å². The van der Waals surface area contributed by atoms with Crippen LogP contribution in [0.5, 0.6) is 11.5 Å². The summed E-state index contributed by atoms with van der Waals surface area (Å²) in [6.45, 7) is 0.00274. The number of nitrogens with one attached hydrogen (secondary N) is 1. The summed E-state index contributed by atoms with van der Waals surface area (Å²) in [5, 5.41) is 0.440. The maximum Gasteiger partial charge on any atom is 0.253 e. The minimum Gasteiger partial charge on any atom is -0.493 e. The lowest BCUT2D eigenvalue weighted by Crippen LogP contribution is -2.33. The van der Waals surface area contributed by atoms with Gasteiger partial charge < -0.3 is 14.0 Å². The van der Waals surface area contributed by atoms with Gasteiger partial charge >= 0.3 is 0 Å². The second-order valence-corrected chi connectivity index (χ2v) is 4.10. The van der Waals surface area contributed by atoms with E-state index in [0.717, 1.165) is 0 Å². The Morgan fingerprint density at radius 3 is 2.55 bits per heavy atom. The summed E-state index contributed by atoms with van der Waals surface area (Å²) in [5.41, 5.74) is 2.46. The van der Waals surface area contributed by atoms with E-state index in [1.807, 2.05) is 0 Å². The maximum atomic E-state index is 11.9. The molecule has 0 radical (unpaired) electrons. The zero-order chi connectivity index (χ0) is 14.7. The molecule has 7 heteroatoms. The summed E-state index contributed by atoms with van der Waals surface area (Å²) < 4.78 is 12.0. The van der Waals surface area contributed by atoms with Crippen LogP contribution in [0.2, 0.25) is 0 Å². The van der Waals surface area contributed by atoms with E-state index in [4.69, 9.17) is 15.3 Å². The number of hydrogen-bond donors (Lipinski definition) is 2. The third kappa shape index (κ3) is 2.43. The number of pyridine rings is 1. The number of methoxy groups -OCH3 is 2. The molecule has 1 aromatic heterocycles. The number of nitrogens with two attached hydrogens (primary N) is 1. The highest BCUT2D eigenvalue weighted by Crippen LogP contribution is 2.30. The first-order valence-corrected chi connectivity index (χ1v) is 5.85. The van der Waals surface area contributed by atoms with Crippen LogP contribution in [0.25, 0.3) is 10.9 Å². The van der Waals surface area contributed by atoms with Crippen LogP contribution in [0, 0.1) is 0 Å². The van der Waals surface area contributed by atoms with Crippen molar-refractivity contribution in [3.8, 4) is 11.5 Å². The topological polar surface area (TPSA) is 95.6 Å². The van der Waals surface area contributed by atoms with Crippen LogP contribution in [-0.4, -0.2) is 24.7 Å². The van der Waals surface area contributed by atoms with Crippen molar-refractivity contribution in [2.24, 2.45) is 5.84 Å². The Labute approximate surface area is 114 Å². The van der Waals surface area contributed by atoms with Crippen molar-refractivity contribution >= 4 is 16.8 Å². The van der Waals surface area contributed by atoms with Crippen molar-refractivity contribution in [1.82, 2.24) is 9.99 Å². The van der Waals surface area contributed by atoms with E-state index in [1.165, 1.54) is 26.5 Å². The Morgan fingerprint density at radius 1 is 1.30 bits per heavy atom. The van der Waals surface area contributed by atoms with Gasteiger partial charge in [0, 0.05) is 23.7 Å². The van der Waals surface area contributed by atoms with E-state index in [1.54, 1.807) is 16.7 Å². The highest BCUT2D eigenvalue weighted by molar-refractivity contribution is 5.85. The molecule has 2 rings (SSSR count). The maximum absolute atomic E-state index is 11.9. The number of nitrogens with zero attached hydrogens (tertiary/aromatic N) is 1. The lowest BCUT2D eigenvalue weighted by atomic mass is 10.2. The predicted molar refractivity (Wildman–Crippen MR) is 73.6 cm³/mol. The monoisotopic (exact) mass is 277 g/mol. The van der Waals surface area contributed by atoms with Crippen LogP contribution in [0.1, 0.15) is 0 Å². The van der Waals surface area contributed by atoms with Gasteiger partial charge in [0.15, 0.2) is 16.9 Å². The molecule has 0 spiro atoms. The van der Waals surface area contributed by atoms with Gasteiger partial charge in [0.05, 0.1) is 19.7 Å². The summed E-state index contributed by atoms with van der Waals surface area (Å²) in [5.74, 6) is 5.64. The summed E-state index contributed by atoms with van der Waals surface area (Å²) >= 11 is 0. The van der Waals surface area contributed by atoms with Gasteiger partial charge in [-0.3, -0.25) is 15.0 Å². The van der Waals surface area contributed by atoms with Crippen molar-refractivity contribution < 1.29 is 14.3 Å². The average molecular weight is 277 g/mol. The molecule has 0 saturated heterocycles. The quantitative estimate of drug-likeness (QED) is 0.466. The fourth-order valence-electron chi connectivity index (χ4n) is 1.97. The number of carbonyl (C=O) groups is 1. The summed E-state index contributed by atoms with van der Waals surface area (Å²) in [7, 11) is 2.99. The fourth-order valence-corrected chi connectivity index (χ4v) is 1.97. The number of fused-ring (bicyclic) bond motifs is 1. The number of carbonyl (C=O) groups excluding carboxylic acids is 1. The van der Waals surface area contributed by atoms with Crippen LogP contribution in [0.3, 0.4) is 0 Å². The van der Waals surface area contributed by atoms with Crippen molar-refractivity contribution in [2.75, 3.05) is 14.2 Å². The van der Waals surface area contributed by atoms with Gasteiger partial charge in [0.1, 0.15) is 6.54 Å². The molecule has 0 aliphatic rings. The average Bonchev–Trinajstić information content (AvgIpc) is 2.48. The van der Waals surface area contributed by atoms with Gasteiger partial charge in [-0.15, -0.1) is 0 Å². The summed E-state index contributed by atoms with van der Waals surface area (Å²) in [6.07, 6.45) is 1.53. The van der Waals surface area contributed by atoms with Gasteiger partial charge in [-0.25, -0.2) is 5.84 Å². The molecule has 2 aromatic rings. The lowest BCUT2D eigenvalue weighted by molar-refractivity contribution is -0.121. The van der Waals surface area contributed by atoms with Crippen LogP contribution >= 0.6 is 0 Å². The Morgan fingerprint density at radius 2 is 1.95 bits per heavy atom. The molecule has 0 unspecified atom stereocenters.